The molecule has 0 radical (unpaired) electrons. The minimum absolute atomic E-state index is 0.121. The Morgan fingerprint density at radius 2 is 2.04 bits per heavy atom. The lowest BCUT2D eigenvalue weighted by molar-refractivity contribution is 0.0750. The number of amides is 1. The number of carbonyl (C=O) groups excluding carboxylic acids is 1. The van der Waals surface area contributed by atoms with Gasteiger partial charge in [-0.25, -0.2) is 4.39 Å². The van der Waals surface area contributed by atoms with Gasteiger partial charge in [0.15, 0.2) is 0 Å². The Hall–Kier alpha value is -1.72. The van der Waals surface area contributed by atoms with Crippen LogP contribution < -0.4 is 0 Å². The molecule has 0 fully saturated rings. The van der Waals surface area contributed by atoms with Gasteiger partial charge in [0.1, 0.15) is 5.82 Å². The van der Waals surface area contributed by atoms with E-state index in [0.717, 1.165) is 10.0 Å². The molecular formula is C18H19BrFNO2. The average molecular weight is 380 g/mol. The first kappa shape index (κ1) is 17.6. The predicted octanol–water partition coefficient (Wildman–Crippen LogP) is 4.40. The summed E-state index contributed by atoms with van der Waals surface area (Å²) in [6.07, 6.45) is 0. The van der Waals surface area contributed by atoms with Crippen molar-refractivity contribution in [3.63, 3.8) is 0 Å². The molecule has 0 unspecified atom stereocenters. The third-order valence-corrected chi connectivity index (χ3v) is 4.02. The van der Waals surface area contributed by atoms with Crippen molar-refractivity contribution in [2.45, 2.75) is 20.1 Å². The highest BCUT2D eigenvalue weighted by atomic mass is 79.9. The maximum Gasteiger partial charge on any atom is 0.254 e. The first-order valence-electron chi connectivity index (χ1n) is 7.36. The Kier molecular flexibility index (Phi) is 6.30. The molecule has 2 rings (SSSR count). The van der Waals surface area contributed by atoms with Crippen LogP contribution in [0.1, 0.15) is 28.4 Å². The van der Waals surface area contributed by atoms with E-state index >= 15 is 0 Å². The number of methoxy groups -OCH3 is 1. The van der Waals surface area contributed by atoms with Crippen LogP contribution in [0.25, 0.3) is 0 Å². The number of hydrogen-bond donors (Lipinski definition) is 0. The van der Waals surface area contributed by atoms with Crippen molar-refractivity contribution in [3.8, 4) is 0 Å². The number of ether oxygens (including phenoxy) is 1. The molecule has 1 amide bonds. The van der Waals surface area contributed by atoms with Crippen LogP contribution in [0.2, 0.25) is 0 Å². The van der Waals surface area contributed by atoms with Crippen LogP contribution in [-0.4, -0.2) is 24.5 Å². The Bertz CT molecular complexity index is 690. The summed E-state index contributed by atoms with van der Waals surface area (Å²) in [6, 6.07) is 12.1. The predicted molar refractivity (Wildman–Crippen MR) is 91.7 cm³/mol. The first-order chi connectivity index (χ1) is 11.0. The van der Waals surface area contributed by atoms with Crippen molar-refractivity contribution >= 4 is 21.8 Å². The lowest BCUT2D eigenvalue weighted by atomic mass is 10.1. The van der Waals surface area contributed by atoms with Crippen molar-refractivity contribution in [1.29, 1.82) is 0 Å². The van der Waals surface area contributed by atoms with Crippen molar-refractivity contribution in [2.75, 3.05) is 13.7 Å². The summed E-state index contributed by atoms with van der Waals surface area (Å²) in [6.45, 7) is 3.06. The molecule has 0 heterocycles. The van der Waals surface area contributed by atoms with Gasteiger partial charge in [-0.05, 0) is 42.8 Å². The molecule has 0 aliphatic heterocycles. The summed E-state index contributed by atoms with van der Waals surface area (Å²) < 4.78 is 19.8. The normalized spacial score (nSPS) is 10.6. The van der Waals surface area contributed by atoms with Gasteiger partial charge in [0, 0.05) is 35.8 Å². The molecule has 0 spiro atoms. The highest BCUT2D eigenvalue weighted by Gasteiger charge is 2.16. The molecule has 0 saturated heterocycles. The Morgan fingerprint density at radius 3 is 2.74 bits per heavy atom. The highest BCUT2D eigenvalue weighted by molar-refractivity contribution is 9.10. The van der Waals surface area contributed by atoms with E-state index in [4.69, 9.17) is 4.74 Å². The van der Waals surface area contributed by atoms with Crippen LogP contribution in [-0.2, 0) is 17.9 Å². The fourth-order valence-corrected chi connectivity index (χ4v) is 2.75. The van der Waals surface area contributed by atoms with Gasteiger partial charge < -0.3 is 9.64 Å². The molecule has 0 saturated carbocycles. The Morgan fingerprint density at radius 1 is 1.26 bits per heavy atom. The van der Waals surface area contributed by atoms with E-state index in [-0.39, 0.29) is 18.3 Å². The number of hydrogen-bond acceptors (Lipinski definition) is 2. The van der Waals surface area contributed by atoms with Crippen LogP contribution in [0.3, 0.4) is 0 Å². The lowest BCUT2D eigenvalue weighted by Gasteiger charge is -2.22. The van der Waals surface area contributed by atoms with Gasteiger partial charge >= 0.3 is 0 Å². The van der Waals surface area contributed by atoms with Crippen molar-refractivity contribution in [3.05, 3.63) is 69.4 Å². The lowest BCUT2D eigenvalue weighted by Crippen LogP contribution is -2.30. The molecule has 0 aliphatic rings. The van der Waals surface area contributed by atoms with E-state index in [1.807, 2.05) is 25.1 Å². The number of nitrogens with zero attached hydrogens (tertiary/aromatic N) is 1. The fourth-order valence-electron chi connectivity index (χ4n) is 2.34. The average Bonchev–Trinajstić information content (AvgIpc) is 2.55. The zero-order valence-electron chi connectivity index (χ0n) is 13.2. The zero-order chi connectivity index (χ0) is 16.8. The second-order valence-electron chi connectivity index (χ2n) is 5.19. The molecule has 122 valence electrons. The molecule has 0 bridgehead atoms. The van der Waals surface area contributed by atoms with E-state index in [2.05, 4.69) is 15.9 Å². The van der Waals surface area contributed by atoms with E-state index < -0.39 is 0 Å². The molecule has 0 aromatic heterocycles. The molecule has 2 aromatic carbocycles. The summed E-state index contributed by atoms with van der Waals surface area (Å²) in [7, 11) is 1.61. The van der Waals surface area contributed by atoms with Gasteiger partial charge in [0.25, 0.3) is 5.91 Å². The number of benzene rings is 2. The molecule has 0 N–H and O–H groups in total. The first-order valence-corrected chi connectivity index (χ1v) is 8.15. The summed E-state index contributed by atoms with van der Waals surface area (Å²) in [4.78, 5) is 14.3. The SMILES string of the molecule is CCN(Cc1cc(Br)ccc1F)C(=O)c1cccc(COC)c1. The molecule has 2 aromatic rings. The minimum atomic E-state index is -0.312. The molecular weight excluding hydrogens is 361 g/mol. The maximum absolute atomic E-state index is 13.9. The van der Waals surface area contributed by atoms with Crippen LogP contribution in [0.15, 0.2) is 46.9 Å². The maximum atomic E-state index is 13.9. The Labute approximate surface area is 144 Å². The topological polar surface area (TPSA) is 29.5 Å². The number of rotatable bonds is 6. The summed E-state index contributed by atoms with van der Waals surface area (Å²) in [5.41, 5.74) is 2.00. The van der Waals surface area contributed by atoms with Gasteiger partial charge in [-0.15, -0.1) is 0 Å². The van der Waals surface area contributed by atoms with E-state index in [1.165, 1.54) is 6.07 Å². The minimum Gasteiger partial charge on any atom is -0.380 e. The number of halogens is 2. The van der Waals surface area contributed by atoms with Crippen molar-refractivity contribution in [2.24, 2.45) is 0 Å². The molecule has 23 heavy (non-hydrogen) atoms. The van der Waals surface area contributed by atoms with E-state index in [9.17, 15) is 9.18 Å². The molecule has 5 heteroatoms. The van der Waals surface area contributed by atoms with Gasteiger partial charge in [-0.1, -0.05) is 28.1 Å². The smallest absolute Gasteiger partial charge is 0.254 e. The van der Waals surface area contributed by atoms with Crippen molar-refractivity contribution in [1.82, 2.24) is 4.90 Å². The van der Waals surface area contributed by atoms with Crippen LogP contribution in [0.5, 0.6) is 0 Å². The molecule has 0 atom stereocenters. The van der Waals surface area contributed by atoms with Crippen LogP contribution in [0, 0.1) is 5.82 Å². The van der Waals surface area contributed by atoms with Crippen LogP contribution >= 0.6 is 15.9 Å². The van der Waals surface area contributed by atoms with Gasteiger partial charge in [0.2, 0.25) is 0 Å². The zero-order valence-corrected chi connectivity index (χ0v) is 14.8. The van der Waals surface area contributed by atoms with Gasteiger partial charge in [-0.2, -0.15) is 0 Å². The summed E-state index contributed by atoms with van der Waals surface area (Å²) in [5, 5.41) is 0. The third kappa shape index (κ3) is 4.62. The monoisotopic (exact) mass is 379 g/mol. The Balaban J connectivity index is 2.21. The third-order valence-electron chi connectivity index (χ3n) is 3.52. The second-order valence-corrected chi connectivity index (χ2v) is 6.10. The highest BCUT2D eigenvalue weighted by Crippen LogP contribution is 2.18. The summed E-state index contributed by atoms with van der Waals surface area (Å²) in [5.74, 6) is -0.433. The van der Waals surface area contributed by atoms with Crippen molar-refractivity contribution < 1.29 is 13.9 Å². The van der Waals surface area contributed by atoms with E-state index in [1.54, 1.807) is 30.2 Å². The van der Waals surface area contributed by atoms with Crippen LogP contribution in [0.4, 0.5) is 4.39 Å². The fraction of sp³-hybridized carbons (Fsp3) is 0.278. The quantitative estimate of drug-likeness (QED) is 0.744. The molecule has 0 aliphatic carbocycles. The van der Waals surface area contributed by atoms with Gasteiger partial charge in [0.05, 0.1) is 6.61 Å². The second kappa shape index (κ2) is 8.22. The number of carbonyl (C=O) groups is 1. The largest absolute Gasteiger partial charge is 0.380 e. The van der Waals surface area contributed by atoms with Gasteiger partial charge in [-0.3, -0.25) is 4.79 Å². The standard InChI is InChI=1S/C18H19BrFNO2/c1-3-21(11-15-10-16(19)7-8-17(15)20)18(22)14-6-4-5-13(9-14)12-23-2/h4-10H,3,11-12H2,1-2H3. The summed E-state index contributed by atoms with van der Waals surface area (Å²) >= 11 is 3.33. The molecule has 3 nitrogen and oxygen atoms in total. The van der Waals surface area contributed by atoms with E-state index in [0.29, 0.717) is 24.3 Å².